The van der Waals surface area contributed by atoms with Gasteiger partial charge in [0.15, 0.2) is 11.5 Å². The number of fused-ring (bicyclic) bond motifs is 3. The molecule has 0 spiro atoms. The Hall–Kier alpha value is -2.95. The van der Waals surface area contributed by atoms with Crippen LogP contribution in [0.4, 0.5) is 5.69 Å². The molecular formula is C25H30N2O3. The molecular weight excluding hydrogens is 376 g/mol. The number of hydrogen-bond acceptors (Lipinski definition) is 4. The second-order valence-electron chi connectivity index (χ2n) is 8.54. The van der Waals surface area contributed by atoms with Crippen LogP contribution in [-0.4, -0.2) is 31.8 Å². The quantitative estimate of drug-likeness (QED) is 0.798. The van der Waals surface area contributed by atoms with Crippen LogP contribution in [-0.2, 0) is 10.2 Å². The number of methoxy groups -OCH3 is 1. The van der Waals surface area contributed by atoms with E-state index < -0.39 is 5.66 Å². The molecule has 2 aromatic carbocycles. The first-order valence-electron chi connectivity index (χ1n) is 10.5. The third-order valence-corrected chi connectivity index (χ3v) is 6.39. The Morgan fingerprint density at radius 2 is 1.97 bits per heavy atom. The minimum atomic E-state index is -0.621. The molecule has 1 N–H and O–H groups in total. The van der Waals surface area contributed by atoms with Gasteiger partial charge in [0, 0.05) is 24.1 Å². The number of aryl methyl sites for hydroxylation is 1. The van der Waals surface area contributed by atoms with Crippen molar-refractivity contribution in [1.29, 1.82) is 0 Å². The number of carbonyl (C=O) groups is 1. The summed E-state index contributed by atoms with van der Waals surface area (Å²) < 4.78 is 11.1. The SMILES string of the molecule is CCOc1ccc(/C=C/[C@]23NC(=O)CCN2c2ccc(C)cc2C3(C)C)cc1OC. The third kappa shape index (κ3) is 3.04. The summed E-state index contributed by atoms with van der Waals surface area (Å²) in [6, 6.07) is 12.5. The van der Waals surface area contributed by atoms with Crippen LogP contribution in [0.25, 0.3) is 6.08 Å². The summed E-state index contributed by atoms with van der Waals surface area (Å²) in [5.74, 6) is 1.51. The molecule has 2 aromatic rings. The number of ether oxygens (including phenoxy) is 2. The number of carbonyl (C=O) groups excluding carboxylic acids is 1. The predicted molar refractivity (Wildman–Crippen MR) is 120 cm³/mol. The molecule has 1 amide bonds. The van der Waals surface area contributed by atoms with Crippen molar-refractivity contribution in [3.63, 3.8) is 0 Å². The lowest BCUT2D eigenvalue weighted by atomic mass is 9.74. The molecule has 1 fully saturated rings. The number of amides is 1. The van der Waals surface area contributed by atoms with Crippen molar-refractivity contribution in [2.75, 3.05) is 25.2 Å². The van der Waals surface area contributed by atoms with Crippen LogP contribution in [0.2, 0.25) is 0 Å². The topological polar surface area (TPSA) is 50.8 Å². The smallest absolute Gasteiger partial charge is 0.223 e. The molecule has 158 valence electrons. The van der Waals surface area contributed by atoms with Crippen LogP contribution < -0.4 is 19.7 Å². The molecule has 2 aliphatic rings. The first-order valence-corrected chi connectivity index (χ1v) is 10.5. The van der Waals surface area contributed by atoms with E-state index in [-0.39, 0.29) is 11.3 Å². The Bertz CT molecular complexity index is 1010. The van der Waals surface area contributed by atoms with Gasteiger partial charge >= 0.3 is 0 Å². The van der Waals surface area contributed by atoms with Crippen LogP contribution in [0.5, 0.6) is 11.5 Å². The Morgan fingerprint density at radius 1 is 1.17 bits per heavy atom. The van der Waals surface area contributed by atoms with Crippen LogP contribution in [0.1, 0.15) is 43.9 Å². The van der Waals surface area contributed by atoms with Gasteiger partial charge in [-0.15, -0.1) is 0 Å². The molecule has 1 saturated heterocycles. The van der Waals surface area contributed by atoms with E-state index >= 15 is 0 Å². The summed E-state index contributed by atoms with van der Waals surface area (Å²) >= 11 is 0. The van der Waals surface area contributed by atoms with Gasteiger partial charge in [0.05, 0.1) is 13.7 Å². The van der Waals surface area contributed by atoms with Crippen molar-refractivity contribution < 1.29 is 14.3 Å². The largest absolute Gasteiger partial charge is 0.493 e. The average molecular weight is 407 g/mol. The van der Waals surface area contributed by atoms with Crippen LogP contribution in [0.15, 0.2) is 42.5 Å². The van der Waals surface area contributed by atoms with E-state index in [0.29, 0.717) is 25.3 Å². The zero-order valence-electron chi connectivity index (χ0n) is 18.4. The molecule has 0 bridgehead atoms. The lowest BCUT2D eigenvalue weighted by molar-refractivity contribution is -0.124. The van der Waals surface area contributed by atoms with Crippen molar-refractivity contribution >= 4 is 17.7 Å². The molecule has 0 unspecified atom stereocenters. The molecule has 0 aliphatic carbocycles. The van der Waals surface area contributed by atoms with Gasteiger partial charge < -0.3 is 19.7 Å². The third-order valence-electron chi connectivity index (χ3n) is 6.39. The number of nitrogens with zero attached hydrogens (tertiary/aromatic N) is 1. The molecule has 0 saturated carbocycles. The predicted octanol–water partition coefficient (Wildman–Crippen LogP) is 4.43. The van der Waals surface area contributed by atoms with Crippen LogP contribution in [0.3, 0.4) is 0 Å². The fraction of sp³-hybridized carbons (Fsp3) is 0.400. The zero-order chi connectivity index (χ0) is 21.5. The lowest BCUT2D eigenvalue weighted by Gasteiger charge is -2.49. The second kappa shape index (κ2) is 7.38. The average Bonchev–Trinajstić information content (AvgIpc) is 2.91. The first kappa shape index (κ1) is 20.3. The van der Waals surface area contributed by atoms with Gasteiger partial charge in [-0.3, -0.25) is 4.79 Å². The first-order chi connectivity index (χ1) is 14.3. The van der Waals surface area contributed by atoms with Crippen molar-refractivity contribution in [3.8, 4) is 11.5 Å². The van der Waals surface area contributed by atoms with E-state index in [4.69, 9.17) is 9.47 Å². The lowest BCUT2D eigenvalue weighted by Crippen LogP contribution is -2.68. The number of rotatable bonds is 5. The minimum Gasteiger partial charge on any atom is -0.493 e. The highest BCUT2D eigenvalue weighted by Gasteiger charge is 2.57. The Morgan fingerprint density at radius 3 is 2.70 bits per heavy atom. The highest BCUT2D eigenvalue weighted by atomic mass is 16.5. The van der Waals surface area contributed by atoms with Gasteiger partial charge in [-0.25, -0.2) is 0 Å². The van der Waals surface area contributed by atoms with E-state index in [1.54, 1.807) is 7.11 Å². The van der Waals surface area contributed by atoms with E-state index in [1.807, 2.05) is 25.1 Å². The Kier molecular flexibility index (Phi) is 5.00. The standard InChI is InChI=1S/C25H30N2O3/c1-6-30-21-10-8-18(16-22(21)29-5)11-13-25-24(3,4)19-15-17(2)7-9-20(19)27(25)14-12-23(28)26-25/h7-11,13,15-16H,6,12,14H2,1-5H3,(H,26,28)/b13-11+/t25-/m0/s1. The molecule has 0 radical (unpaired) electrons. The fourth-order valence-corrected chi connectivity index (χ4v) is 4.75. The summed E-state index contributed by atoms with van der Waals surface area (Å²) in [7, 11) is 1.65. The van der Waals surface area contributed by atoms with Crippen molar-refractivity contribution in [1.82, 2.24) is 5.32 Å². The fourth-order valence-electron chi connectivity index (χ4n) is 4.75. The van der Waals surface area contributed by atoms with Gasteiger partial charge in [-0.1, -0.05) is 43.7 Å². The summed E-state index contributed by atoms with van der Waals surface area (Å²) in [6.45, 7) is 9.76. The minimum absolute atomic E-state index is 0.0813. The second-order valence-corrected chi connectivity index (χ2v) is 8.54. The maximum Gasteiger partial charge on any atom is 0.223 e. The van der Waals surface area contributed by atoms with Gasteiger partial charge in [-0.2, -0.15) is 0 Å². The summed E-state index contributed by atoms with van der Waals surface area (Å²) in [5.41, 5.74) is 3.76. The molecule has 2 aliphatic heterocycles. The highest BCUT2D eigenvalue weighted by molar-refractivity contribution is 5.84. The van der Waals surface area contributed by atoms with Crippen molar-refractivity contribution in [3.05, 3.63) is 59.2 Å². The molecule has 0 aromatic heterocycles. The molecule has 30 heavy (non-hydrogen) atoms. The molecule has 1 atom stereocenters. The number of hydrogen-bond donors (Lipinski definition) is 1. The molecule has 2 heterocycles. The molecule has 5 heteroatoms. The zero-order valence-corrected chi connectivity index (χ0v) is 18.4. The van der Waals surface area contributed by atoms with Crippen molar-refractivity contribution in [2.45, 2.75) is 45.2 Å². The normalized spacial score (nSPS) is 21.9. The molecule has 4 rings (SSSR count). The number of nitrogens with one attached hydrogen (secondary N) is 1. The summed E-state index contributed by atoms with van der Waals surface area (Å²) in [4.78, 5) is 14.9. The van der Waals surface area contributed by atoms with Gasteiger partial charge in [0.25, 0.3) is 0 Å². The molecule has 5 nitrogen and oxygen atoms in total. The maximum atomic E-state index is 12.5. The highest BCUT2D eigenvalue weighted by Crippen LogP contribution is 2.52. The number of benzene rings is 2. The maximum absolute atomic E-state index is 12.5. The Balaban J connectivity index is 1.78. The van der Waals surface area contributed by atoms with Crippen LogP contribution in [0, 0.1) is 6.92 Å². The van der Waals surface area contributed by atoms with E-state index in [0.717, 1.165) is 11.3 Å². The van der Waals surface area contributed by atoms with Gasteiger partial charge in [0.1, 0.15) is 5.66 Å². The Labute approximate surface area is 178 Å². The monoisotopic (exact) mass is 406 g/mol. The summed E-state index contributed by atoms with van der Waals surface area (Å²) in [5, 5.41) is 3.32. The van der Waals surface area contributed by atoms with E-state index in [1.165, 1.54) is 16.8 Å². The van der Waals surface area contributed by atoms with Gasteiger partial charge in [-0.05, 0) is 49.2 Å². The van der Waals surface area contributed by atoms with Crippen molar-refractivity contribution in [2.24, 2.45) is 0 Å². The number of anilines is 1. The summed E-state index contributed by atoms with van der Waals surface area (Å²) in [6.07, 6.45) is 4.70. The van der Waals surface area contributed by atoms with E-state index in [2.05, 4.69) is 61.3 Å². The van der Waals surface area contributed by atoms with Crippen LogP contribution >= 0.6 is 0 Å². The van der Waals surface area contributed by atoms with E-state index in [9.17, 15) is 4.79 Å². The van der Waals surface area contributed by atoms with Gasteiger partial charge in [0.2, 0.25) is 5.91 Å².